The Morgan fingerprint density at radius 1 is 0.966 bits per heavy atom. The summed E-state index contributed by atoms with van der Waals surface area (Å²) in [5, 5.41) is 6.39. The van der Waals surface area contributed by atoms with Crippen LogP contribution in [-0.4, -0.2) is 22.6 Å². The second-order valence-electron chi connectivity index (χ2n) is 6.66. The number of nitrogens with zero attached hydrogens (tertiary/aromatic N) is 2. The first-order valence-corrected chi connectivity index (χ1v) is 9.01. The van der Waals surface area contributed by atoms with E-state index in [0.29, 0.717) is 5.69 Å². The molecule has 1 heterocycles. The van der Waals surface area contributed by atoms with Crippen molar-refractivity contribution in [2.24, 2.45) is 5.10 Å². The molecule has 148 valence electrons. The smallest absolute Gasteiger partial charge is 0.318 e. The largest absolute Gasteiger partial charge is 0.329 e. The van der Waals surface area contributed by atoms with Gasteiger partial charge in [-0.15, -0.1) is 0 Å². The van der Waals surface area contributed by atoms with Crippen molar-refractivity contribution in [2.75, 3.05) is 5.32 Å². The van der Waals surface area contributed by atoms with Crippen LogP contribution in [0, 0.1) is 26.6 Å². The molecule has 29 heavy (non-hydrogen) atoms. The van der Waals surface area contributed by atoms with Crippen LogP contribution in [0.15, 0.2) is 59.7 Å². The summed E-state index contributed by atoms with van der Waals surface area (Å²) >= 11 is 0. The minimum Gasteiger partial charge on any atom is -0.318 e. The molecule has 2 aromatic carbocycles. The van der Waals surface area contributed by atoms with Crippen molar-refractivity contribution >= 4 is 23.7 Å². The first-order valence-electron chi connectivity index (χ1n) is 9.01. The number of carbonyl (C=O) groups excluding carboxylic acids is 2. The summed E-state index contributed by atoms with van der Waals surface area (Å²) in [6.45, 7) is 5.74. The number of rotatable bonds is 4. The lowest BCUT2D eigenvalue weighted by atomic mass is 10.2. The van der Waals surface area contributed by atoms with Crippen molar-refractivity contribution in [3.63, 3.8) is 0 Å². The van der Waals surface area contributed by atoms with Gasteiger partial charge in [-0.1, -0.05) is 17.7 Å². The summed E-state index contributed by atoms with van der Waals surface area (Å²) in [7, 11) is 0. The number of halogens is 1. The highest BCUT2D eigenvalue weighted by Crippen LogP contribution is 2.20. The molecule has 0 fully saturated rings. The Bertz CT molecular complexity index is 1070. The zero-order valence-electron chi connectivity index (χ0n) is 16.4. The normalized spacial score (nSPS) is 10.9. The molecule has 0 radical (unpaired) electrons. The summed E-state index contributed by atoms with van der Waals surface area (Å²) in [4.78, 5) is 23.9. The van der Waals surface area contributed by atoms with Gasteiger partial charge in [-0.2, -0.15) is 5.10 Å². The van der Waals surface area contributed by atoms with Crippen molar-refractivity contribution in [3.8, 4) is 5.69 Å². The van der Waals surface area contributed by atoms with E-state index in [0.717, 1.165) is 28.2 Å². The second kappa shape index (κ2) is 8.52. The lowest BCUT2D eigenvalue weighted by molar-refractivity contribution is -0.136. The number of benzene rings is 2. The molecule has 3 aromatic rings. The number of hydrogen-bond acceptors (Lipinski definition) is 3. The van der Waals surface area contributed by atoms with Crippen LogP contribution in [0.1, 0.15) is 22.5 Å². The summed E-state index contributed by atoms with van der Waals surface area (Å²) in [5.74, 6) is -1.97. The van der Waals surface area contributed by atoms with Gasteiger partial charge in [-0.05, 0) is 63.2 Å². The van der Waals surface area contributed by atoms with E-state index in [-0.39, 0.29) is 5.82 Å². The number of hydrogen-bond donors (Lipinski definition) is 2. The van der Waals surface area contributed by atoms with Crippen LogP contribution in [0.3, 0.4) is 0 Å². The van der Waals surface area contributed by atoms with Crippen molar-refractivity contribution in [1.82, 2.24) is 9.99 Å². The van der Waals surface area contributed by atoms with E-state index in [2.05, 4.69) is 15.8 Å². The van der Waals surface area contributed by atoms with Gasteiger partial charge in [0.25, 0.3) is 0 Å². The van der Waals surface area contributed by atoms with Crippen LogP contribution in [0.2, 0.25) is 0 Å². The number of amides is 2. The highest BCUT2D eigenvalue weighted by Gasteiger charge is 2.13. The Hall–Kier alpha value is -3.74. The summed E-state index contributed by atoms with van der Waals surface area (Å²) in [6, 6.07) is 15.2. The van der Waals surface area contributed by atoms with Crippen molar-refractivity contribution in [3.05, 3.63) is 82.9 Å². The van der Waals surface area contributed by atoms with Gasteiger partial charge in [-0.25, -0.2) is 9.82 Å². The molecule has 0 saturated heterocycles. The van der Waals surface area contributed by atoms with Crippen LogP contribution in [0.5, 0.6) is 0 Å². The third-order valence-corrected chi connectivity index (χ3v) is 4.44. The number of aryl methyl sites for hydroxylation is 2. The lowest BCUT2D eigenvalue weighted by Crippen LogP contribution is -2.32. The molecule has 0 atom stereocenters. The van der Waals surface area contributed by atoms with E-state index in [1.165, 1.54) is 18.3 Å². The molecule has 2 amide bonds. The average molecular weight is 392 g/mol. The van der Waals surface area contributed by atoms with Gasteiger partial charge in [-0.3, -0.25) is 9.59 Å². The molecule has 0 aliphatic heterocycles. The summed E-state index contributed by atoms with van der Waals surface area (Å²) in [5.41, 5.74) is 7.20. The molecule has 0 aliphatic rings. The molecule has 0 spiro atoms. The van der Waals surface area contributed by atoms with Crippen molar-refractivity contribution in [1.29, 1.82) is 0 Å². The number of aromatic nitrogens is 1. The zero-order valence-corrected chi connectivity index (χ0v) is 16.4. The fraction of sp³-hybridized carbons (Fsp3) is 0.136. The van der Waals surface area contributed by atoms with Gasteiger partial charge in [0.15, 0.2) is 0 Å². The molecular weight excluding hydrogens is 371 g/mol. The third kappa shape index (κ3) is 4.76. The van der Waals surface area contributed by atoms with E-state index in [9.17, 15) is 14.0 Å². The minimum atomic E-state index is -0.867. The van der Waals surface area contributed by atoms with Gasteiger partial charge in [0.2, 0.25) is 0 Å². The topological polar surface area (TPSA) is 75.5 Å². The van der Waals surface area contributed by atoms with Crippen LogP contribution >= 0.6 is 0 Å². The molecule has 0 bridgehead atoms. The maximum absolute atomic E-state index is 13.2. The molecule has 0 unspecified atom stereocenters. The van der Waals surface area contributed by atoms with Crippen LogP contribution in [0.4, 0.5) is 10.1 Å². The van der Waals surface area contributed by atoms with Crippen LogP contribution in [-0.2, 0) is 9.59 Å². The Labute approximate surface area is 168 Å². The number of hydrazone groups is 1. The number of anilines is 1. The van der Waals surface area contributed by atoms with E-state index in [1.807, 2.05) is 43.5 Å². The van der Waals surface area contributed by atoms with Gasteiger partial charge < -0.3 is 9.88 Å². The lowest BCUT2D eigenvalue weighted by Gasteiger charge is -2.09. The number of carbonyl (C=O) groups is 2. The molecule has 0 saturated carbocycles. The maximum Gasteiger partial charge on any atom is 0.329 e. The first-order chi connectivity index (χ1) is 13.8. The highest BCUT2D eigenvalue weighted by atomic mass is 19.1. The predicted molar refractivity (Wildman–Crippen MR) is 111 cm³/mol. The van der Waals surface area contributed by atoms with E-state index < -0.39 is 11.8 Å². The monoisotopic (exact) mass is 392 g/mol. The summed E-state index contributed by atoms with van der Waals surface area (Å²) < 4.78 is 15.1. The molecule has 7 heteroatoms. The Morgan fingerprint density at radius 2 is 1.62 bits per heavy atom. The van der Waals surface area contributed by atoms with Crippen molar-refractivity contribution < 1.29 is 14.0 Å². The van der Waals surface area contributed by atoms with Gasteiger partial charge in [0, 0.05) is 28.3 Å². The van der Waals surface area contributed by atoms with Gasteiger partial charge in [0.1, 0.15) is 5.82 Å². The fourth-order valence-corrected chi connectivity index (χ4v) is 2.94. The van der Waals surface area contributed by atoms with E-state index in [4.69, 9.17) is 0 Å². The average Bonchev–Trinajstić information content (AvgIpc) is 2.97. The van der Waals surface area contributed by atoms with Crippen molar-refractivity contribution in [2.45, 2.75) is 20.8 Å². The van der Waals surface area contributed by atoms with Crippen LogP contribution in [0.25, 0.3) is 5.69 Å². The molecule has 0 aliphatic carbocycles. The first kappa shape index (κ1) is 20.0. The molecule has 3 rings (SSSR count). The Morgan fingerprint density at radius 3 is 2.28 bits per heavy atom. The van der Waals surface area contributed by atoms with E-state index >= 15 is 0 Å². The fourth-order valence-electron chi connectivity index (χ4n) is 2.94. The minimum absolute atomic E-state index is 0.301. The second-order valence-corrected chi connectivity index (χ2v) is 6.66. The maximum atomic E-state index is 13.2. The number of nitrogens with one attached hydrogen (secondary N) is 2. The van der Waals surface area contributed by atoms with Gasteiger partial charge in [0.05, 0.1) is 6.21 Å². The zero-order chi connectivity index (χ0) is 21.0. The standard InChI is InChI=1S/C22H21FN4O2/c1-14-4-8-19(9-5-14)25-21(28)22(29)26-24-13-17-12-15(2)27(16(17)3)20-10-6-18(23)7-11-20/h4-13H,1-3H3,(H,25,28)(H,26,29)/b24-13-. The molecule has 1 aromatic heterocycles. The molecule has 6 nitrogen and oxygen atoms in total. The van der Waals surface area contributed by atoms with Gasteiger partial charge >= 0.3 is 11.8 Å². The quantitative estimate of drug-likeness (QED) is 0.404. The Kier molecular flexibility index (Phi) is 5.87. The van der Waals surface area contributed by atoms with E-state index in [1.54, 1.807) is 24.3 Å². The third-order valence-electron chi connectivity index (χ3n) is 4.44. The molecular formula is C22H21FN4O2. The SMILES string of the molecule is Cc1ccc(NC(=O)C(=O)N/N=C\c2cc(C)n(-c3ccc(F)cc3)c2C)cc1. The highest BCUT2D eigenvalue weighted by molar-refractivity contribution is 6.39. The predicted octanol–water partition coefficient (Wildman–Crippen LogP) is 3.63. The molecule has 2 N–H and O–H groups in total. The Balaban J connectivity index is 1.66. The summed E-state index contributed by atoms with van der Waals surface area (Å²) in [6.07, 6.45) is 1.47. The van der Waals surface area contributed by atoms with Crippen LogP contribution < -0.4 is 10.7 Å².